The first-order chi connectivity index (χ1) is 16.1. The van der Waals surface area contributed by atoms with Crippen molar-refractivity contribution in [1.29, 1.82) is 5.26 Å². The van der Waals surface area contributed by atoms with Crippen LogP contribution in [0.4, 0.5) is 5.69 Å². The molecule has 0 radical (unpaired) electrons. The van der Waals surface area contributed by atoms with E-state index in [4.69, 9.17) is 10.00 Å². The Morgan fingerprint density at radius 1 is 1.00 bits per heavy atom. The van der Waals surface area contributed by atoms with Gasteiger partial charge in [0.25, 0.3) is 5.91 Å². The van der Waals surface area contributed by atoms with E-state index in [1.54, 1.807) is 31.4 Å². The summed E-state index contributed by atoms with van der Waals surface area (Å²) in [5, 5.41) is 12.0. The summed E-state index contributed by atoms with van der Waals surface area (Å²) in [6.07, 6.45) is 0. The van der Waals surface area contributed by atoms with Crippen molar-refractivity contribution in [2.45, 2.75) is 6.54 Å². The van der Waals surface area contributed by atoms with Gasteiger partial charge in [-0.3, -0.25) is 9.69 Å². The zero-order valence-electron chi connectivity index (χ0n) is 19.0. The van der Waals surface area contributed by atoms with Gasteiger partial charge < -0.3 is 15.0 Å². The number of piperazine rings is 1. The maximum absolute atomic E-state index is 12.7. The SMILES string of the molecule is COc1ccc(-c2cccc(NC(=O)c3cccc(C#N)c3)c2)cc1CN1CCN(C)CC1. The number of ether oxygens (including phenoxy) is 1. The number of rotatable bonds is 6. The molecule has 1 aliphatic rings. The van der Waals surface area contributed by atoms with Crippen LogP contribution in [0.15, 0.2) is 66.7 Å². The number of nitriles is 1. The van der Waals surface area contributed by atoms with Gasteiger partial charge in [-0.05, 0) is 60.6 Å². The highest BCUT2D eigenvalue weighted by atomic mass is 16.5. The zero-order valence-corrected chi connectivity index (χ0v) is 19.0. The van der Waals surface area contributed by atoms with Crippen molar-refractivity contribution in [2.24, 2.45) is 0 Å². The van der Waals surface area contributed by atoms with Crippen molar-refractivity contribution in [3.05, 3.63) is 83.4 Å². The third-order valence-corrected chi connectivity index (χ3v) is 5.98. The molecule has 1 aliphatic heterocycles. The van der Waals surface area contributed by atoms with E-state index >= 15 is 0 Å². The third-order valence-electron chi connectivity index (χ3n) is 5.98. The lowest BCUT2D eigenvalue weighted by atomic mass is 10.0. The van der Waals surface area contributed by atoms with Crippen molar-refractivity contribution in [1.82, 2.24) is 9.80 Å². The van der Waals surface area contributed by atoms with E-state index in [0.717, 1.165) is 55.2 Å². The van der Waals surface area contributed by atoms with Crippen LogP contribution in [0.3, 0.4) is 0 Å². The van der Waals surface area contributed by atoms with Crippen LogP contribution < -0.4 is 10.1 Å². The van der Waals surface area contributed by atoms with Gasteiger partial charge in [-0.2, -0.15) is 5.26 Å². The summed E-state index contributed by atoms with van der Waals surface area (Å²) in [6, 6.07) is 22.8. The average molecular weight is 441 g/mol. The normalized spacial score (nSPS) is 14.5. The second kappa shape index (κ2) is 10.3. The number of hydrogen-bond acceptors (Lipinski definition) is 5. The Labute approximate surface area is 195 Å². The van der Waals surface area contributed by atoms with Crippen LogP contribution in [0.5, 0.6) is 5.75 Å². The lowest BCUT2D eigenvalue weighted by molar-refractivity contribution is 0.102. The first kappa shape index (κ1) is 22.5. The Bertz CT molecular complexity index is 1180. The van der Waals surface area contributed by atoms with Crippen molar-refractivity contribution < 1.29 is 9.53 Å². The first-order valence-electron chi connectivity index (χ1n) is 11.1. The minimum absolute atomic E-state index is 0.241. The largest absolute Gasteiger partial charge is 0.496 e. The maximum Gasteiger partial charge on any atom is 0.255 e. The van der Waals surface area contributed by atoms with E-state index in [9.17, 15) is 4.79 Å². The Hall–Kier alpha value is -3.66. The van der Waals surface area contributed by atoms with E-state index in [1.807, 2.05) is 36.4 Å². The Kier molecular flexibility index (Phi) is 7.04. The number of amides is 1. The quantitative estimate of drug-likeness (QED) is 0.621. The summed E-state index contributed by atoms with van der Waals surface area (Å²) in [7, 11) is 3.87. The Morgan fingerprint density at radius 2 is 1.76 bits per heavy atom. The molecule has 1 heterocycles. The second-order valence-electron chi connectivity index (χ2n) is 8.33. The molecule has 1 amide bonds. The van der Waals surface area contributed by atoms with Gasteiger partial charge in [-0.1, -0.05) is 24.3 Å². The molecule has 0 atom stereocenters. The average Bonchev–Trinajstić information content (AvgIpc) is 2.85. The molecule has 3 aromatic carbocycles. The standard InChI is InChI=1S/C27H28N4O2/c1-30-11-13-31(14-12-30)19-24-16-22(9-10-26(24)33-2)21-6-4-8-25(17-21)29-27(32)23-7-3-5-20(15-23)18-28/h3-10,15-17H,11-14,19H2,1-2H3,(H,29,32). The maximum atomic E-state index is 12.7. The Morgan fingerprint density at radius 3 is 2.52 bits per heavy atom. The smallest absolute Gasteiger partial charge is 0.255 e. The van der Waals surface area contributed by atoms with Gasteiger partial charge in [-0.15, -0.1) is 0 Å². The number of nitrogens with one attached hydrogen (secondary N) is 1. The van der Waals surface area contributed by atoms with Crippen molar-refractivity contribution in [2.75, 3.05) is 45.7 Å². The summed E-state index contributed by atoms with van der Waals surface area (Å²) >= 11 is 0. The highest BCUT2D eigenvalue weighted by Crippen LogP contribution is 2.29. The van der Waals surface area contributed by atoms with Gasteiger partial charge in [0.15, 0.2) is 0 Å². The van der Waals surface area contributed by atoms with Crippen molar-refractivity contribution in [3.8, 4) is 22.9 Å². The summed E-state index contributed by atoms with van der Waals surface area (Å²) in [6.45, 7) is 5.06. The van der Waals surface area contributed by atoms with Gasteiger partial charge >= 0.3 is 0 Å². The second-order valence-corrected chi connectivity index (χ2v) is 8.33. The molecule has 6 nitrogen and oxygen atoms in total. The van der Waals surface area contributed by atoms with E-state index in [-0.39, 0.29) is 5.91 Å². The van der Waals surface area contributed by atoms with Crippen molar-refractivity contribution >= 4 is 11.6 Å². The molecule has 1 fully saturated rings. The number of benzene rings is 3. The van der Waals surface area contributed by atoms with Gasteiger partial charge in [0, 0.05) is 49.5 Å². The Balaban J connectivity index is 1.53. The molecule has 0 aromatic heterocycles. The van der Waals surface area contributed by atoms with Gasteiger partial charge in [0.05, 0.1) is 18.7 Å². The number of nitrogens with zero attached hydrogens (tertiary/aromatic N) is 3. The number of carbonyl (C=O) groups is 1. The van der Waals surface area contributed by atoms with E-state index in [1.165, 1.54) is 0 Å². The number of likely N-dealkylation sites (N-methyl/N-ethyl adjacent to an activating group) is 1. The fourth-order valence-electron chi connectivity index (χ4n) is 4.04. The molecule has 4 rings (SSSR count). The summed E-state index contributed by atoms with van der Waals surface area (Å²) in [5.74, 6) is 0.647. The van der Waals surface area contributed by atoms with Crippen LogP contribution in [0, 0.1) is 11.3 Å². The number of carbonyl (C=O) groups excluding carboxylic acids is 1. The molecule has 6 heteroatoms. The number of hydrogen-bond donors (Lipinski definition) is 1. The molecular formula is C27H28N4O2. The van der Waals surface area contributed by atoms with Crippen molar-refractivity contribution in [3.63, 3.8) is 0 Å². The molecule has 0 aliphatic carbocycles. The van der Waals surface area contributed by atoms with Crippen LogP contribution in [-0.4, -0.2) is 56.0 Å². The number of methoxy groups -OCH3 is 1. The molecular weight excluding hydrogens is 412 g/mol. The van der Waals surface area contributed by atoms with E-state index in [0.29, 0.717) is 16.8 Å². The minimum Gasteiger partial charge on any atom is -0.496 e. The van der Waals surface area contributed by atoms with Crippen LogP contribution >= 0.6 is 0 Å². The fourth-order valence-corrected chi connectivity index (χ4v) is 4.04. The lowest BCUT2D eigenvalue weighted by Gasteiger charge is -2.32. The molecule has 0 spiro atoms. The molecule has 0 bridgehead atoms. The highest BCUT2D eigenvalue weighted by molar-refractivity contribution is 6.04. The monoisotopic (exact) mass is 440 g/mol. The molecule has 168 valence electrons. The summed E-state index contributed by atoms with van der Waals surface area (Å²) in [5.41, 5.74) is 4.86. The molecule has 33 heavy (non-hydrogen) atoms. The fraction of sp³-hybridized carbons (Fsp3) is 0.259. The predicted octanol–water partition coefficient (Wildman–Crippen LogP) is 4.23. The van der Waals surface area contributed by atoms with E-state index < -0.39 is 0 Å². The topological polar surface area (TPSA) is 68.6 Å². The molecule has 1 saturated heterocycles. The number of anilines is 1. The first-order valence-corrected chi connectivity index (χ1v) is 11.1. The molecule has 0 saturated carbocycles. The van der Waals surface area contributed by atoms with E-state index in [2.05, 4.69) is 34.3 Å². The highest BCUT2D eigenvalue weighted by Gasteiger charge is 2.16. The van der Waals surface area contributed by atoms with Gasteiger partial charge in [-0.25, -0.2) is 0 Å². The summed E-state index contributed by atoms with van der Waals surface area (Å²) in [4.78, 5) is 17.5. The minimum atomic E-state index is -0.241. The van der Waals surface area contributed by atoms with Gasteiger partial charge in [0.2, 0.25) is 0 Å². The summed E-state index contributed by atoms with van der Waals surface area (Å²) < 4.78 is 5.63. The molecule has 1 N–H and O–H groups in total. The lowest BCUT2D eigenvalue weighted by Crippen LogP contribution is -2.43. The van der Waals surface area contributed by atoms with Crippen LogP contribution in [-0.2, 0) is 6.54 Å². The van der Waals surface area contributed by atoms with Gasteiger partial charge in [0.1, 0.15) is 5.75 Å². The molecule has 0 unspecified atom stereocenters. The molecule has 3 aromatic rings. The van der Waals surface area contributed by atoms with Crippen LogP contribution in [0.1, 0.15) is 21.5 Å². The zero-order chi connectivity index (χ0) is 23.2. The predicted molar refractivity (Wildman–Crippen MR) is 130 cm³/mol. The third kappa shape index (κ3) is 5.58. The van der Waals surface area contributed by atoms with Crippen LogP contribution in [0.25, 0.3) is 11.1 Å². The van der Waals surface area contributed by atoms with Crippen LogP contribution in [0.2, 0.25) is 0 Å².